The highest BCUT2D eigenvalue weighted by Gasteiger charge is 2.42. The molecule has 1 fully saturated rings. The number of amides is 1. The van der Waals surface area contributed by atoms with E-state index < -0.39 is 16.1 Å². The Balaban J connectivity index is 1.35. The van der Waals surface area contributed by atoms with Crippen molar-refractivity contribution in [1.29, 1.82) is 0 Å². The van der Waals surface area contributed by atoms with Crippen molar-refractivity contribution in [2.75, 3.05) is 11.3 Å². The van der Waals surface area contributed by atoms with Crippen LogP contribution in [0.25, 0.3) is 22.5 Å². The number of nitrogens with zero attached hydrogens (tertiary/aromatic N) is 5. The van der Waals surface area contributed by atoms with Gasteiger partial charge in [-0.05, 0) is 67.9 Å². The number of aromatic nitrogens is 4. The molecule has 248 valence electrons. The van der Waals surface area contributed by atoms with Crippen LogP contribution in [0.2, 0.25) is 0 Å². The standard InChI is InChI=1S/C36H38N6O5S/c1-21(2)30-15-29-33(47-30)37-18-25(38-29)19-42-26(17-36(5)12-13-36)20-46-31-16-28(32-22(3)8-6-9-23(32)4)39-35(40-31)41-48(44,45)27-11-7-10-24(14-27)34(42)43/h6-11,14-16,18,21,26H,12-13,17,19-20H2,1-5H3,(H,39,40,41). The predicted octanol–water partition coefficient (Wildman–Crippen LogP) is 6.81. The van der Waals surface area contributed by atoms with Crippen molar-refractivity contribution in [3.05, 3.63) is 88.9 Å². The molecule has 3 aromatic heterocycles. The molecule has 1 N–H and O–H groups in total. The van der Waals surface area contributed by atoms with E-state index in [0.29, 0.717) is 29.0 Å². The van der Waals surface area contributed by atoms with Gasteiger partial charge in [-0.15, -0.1) is 0 Å². The quantitative estimate of drug-likeness (QED) is 0.207. The maximum atomic E-state index is 14.5. The first-order valence-electron chi connectivity index (χ1n) is 16.2. The monoisotopic (exact) mass is 666 g/mol. The third-order valence-corrected chi connectivity index (χ3v) is 10.5. The van der Waals surface area contributed by atoms with Crippen LogP contribution in [0.3, 0.4) is 0 Å². The van der Waals surface area contributed by atoms with Crippen LogP contribution in [0, 0.1) is 19.3 Å². The van der Waals surface area contributed by atoms with Gasteiger partial charge in [0, 0.05) is 29.2 Å². The van der Waals surface area contributed by atoms with E-state index in [-0.39, 0.29) is 52.7 Å². The van der Waals surface area contributed by atoms with Crippen LogP contribution in [0.4, 0.5) is 5.95 Å². The highest BCUT2D eigenvalue weighted by atomic mass is 32.2. The molecule has 4 heterocycles. The summed E-state index contributed by atoms with van der Waals surface area (Å²) in [6.45, 7) is 10.5. The van der Waals surface area contributed by atoms with Crippen LogP contribution in [0.5, 0.6) is 5.88 Å². The second kappa shape index (κ2) is 12.0. The van der Waals surface area contributed by atoms with E-state index in [1.54, 1.807) is 29.3 Å². The summed E-state index contributed by atoms with van der Waals surface area (Å²) in [6.07, 6.45) is 4.38. The summed E-state index contributed by atoms with van der Waals surface area (Å²) in [4.78, 5) is 34.5. The molecule has 0 saturated heterocycles. The average molecular weight is 667 g/mol. The summed E-state index contributed by atoms with van der Waals surface area (Å²) >= 11 is 0. The number of benzene rings is 2. The fourth-order valence-electron chi connectivity index (χ4n) is 6.24. The number of hydrogen-bond acceptors (Lipinski definition) is 9. The third kappa shape index (κ3) is 6.36. The number of nitrogens with one attached hydrogen (secondary N) is 1. The Hall–Kier alpha value is -4.84. The molecule has 5 aromatic rings. The van der Waals surface area contributed by atoms with Crippen LogP contribution in [-0.4, -0.2) is 51.8 Å². The Bertz CT molecular complexity index is 2140. The number of sulfonamides is 1. The van der Waals surface area contributed by atoms with E-state index in [0.717, 1.165) is 35.3 Å². The highest BCUT2D eigenvalue weighted by molar-refractivity contribution is 7.92. The van der Waals surface area contributed by atoms with E-state index in [1.807, 2.05) is 52.0 Å². The zero-order valence-corrected chi connectivity index (χ0v) is 28.5. The van der Waals surface area contributed by atoms with Crippen LogP contribution in [0.15, 0.2) is 70.1 Å². The summed E-state index contributed by atoms with van der Waals surface area (Å²) in [6, 6.07) is 15.2. The number of rotatable bonds is 6. The summed E-state index contributed by atoms with van der Waals surface area (Å²) in [5.74, 6) is 0.694. The zero-order chi connectivity index (χ0) is 33.8. The molecule has 2 aromatic carbocycles. The lowest BCUT2D eigenvalue weighted by Crippen LogP contribution is -2.44. The smallest absolute Gasteiger partial charge is 0.264 e. The molecule has 11 nitrogen and oxygen atoms in total. The molecule has 7 rings (SSSR count). The molecule has 1 aliphatic heterocycles. The van der Waals surface area contributed by atoms with Gasteiger partial charge in [-0.1, -0.05) is 45.0 Å². The van der Waals surface area contributed by atoms with Crippen molar-refractivity contribution >= 4 is 33.1 Å². The molecule has 2 aliphatic rings. The van der Waals surface area contributed by atoms with E-state index >= 15 is 0 Å². The molecule has 1 atom stereocenters. The van der Waals surface area contributed by atoms with Gasteiger partial charge in [0.25, 0.3) is 15.9 Å². The maximum Gasteiger partial charge on any atom is 0.264 e. The SMILES string of the molecule is Cc1cccc(C)c1-c1cc2nc(n1)NS(=O)(=O)c1cccc(c1)C(=O)N(Cc1cnc3oc(C(C)C)cc3n1)C(CC1(C)CC1)CO2. The third-order valence-electron chi connectivity index (χ3n) is 9.22. The van der Waals surface area contributed by atoms with E-state index in [2.05, 4.69) is 26.6 Å². The molecular weight excluding hydrogens is 629 g/mol. The Morgan fingerprint density at radius 2 is 1.77 bits per heavy atom. The molecule has 12 heteroatoms. The molecule has 0 radical (unpaired) electrons. The average Bonchev–Trinajstić information content (AvgIpc) is 3.61. The van der Waals surface area contributed by atoms with Gasteiger partial charge >= 0.3 is 0 Å². The molecule has 48 heavy (non-hydrogen) atoms. The number of aryl methyl sites for hydroxylation is 2. The highest BCUT2D eigenvalue weighted by Crippen LogP contribution is 2.49. The fraction of sp³-hybridized carbons (Fsp3) is 0.361. The maximum absolute atomic E-state index is 14.5. The van der Waals surface area contributed by atoms with Crippen LogP contribution >= 0.6 is 0 Å². The van der Waals surface area contributed by atoms with Gasteiger partial charge in [-0.25, -0.2) is 28.1 Å². The molecule has 1 aliphatic carbocycles. The van der Waals surface area contributed by atoms with Gasteiger partial charge in [-0.3, -0.25) is 4.79 Å². The second-order valence-corrected chi connectivity index (χ2v) is 15.3. The number of hydrogen-bond donors (Lipinski definition) is 1. The lowest BCUT2D eigenvalue weighted by molar-refractivity contribution is 0.0537. The van der Waals surface area contributed by atoms with Gasteiger partial charge in [-0.2, -0.15) is 4.98 Å². The van der Waals surface area contributed by atoms with E-state index in [9.17, 15) is 13.2 Å². The Labute approximate surface area is 279 Å². The van der Waals surface area contributed by atoms with Crippen molar-refractivity contribution in [3.8, 4) is 17.1 Å². The minimum Gasteiger partial charge on any atom is -0.475 e. The van der Waals surface area contributed by atoms with Gasteiger partial charge in [0.05, 0.1) is 35.1 Å². The summed E-state index contributed by atoms with van der Waals surface area (Å²) in [5.41, 5.74) is 5.25. The van der Waals surface area contributed by atoms with Crippen molar-refractivity contribution in [2.24, 2.45) is 5.41 Å². The van der Waals surface area contributed by atoms with Crippen LogP contribution in [-0.2, 0) is 16.6 Å². The predicted molar refractivity (Wildman–Crippen MR) is 181 cm³/mol. The number of carbonyl (C=O) groups is 1. The number of anilines is 1. The van der Waals surface area contributed by atoms with Crippen LogP contribution < -0.4 is 9.46 Å². The molecule has 1 unspecified atom stereocenters. The van der Waals surface area contributed by atoms with Crippen LogP contribution in [0.1, 0.15) is 78.9 Å². The lowest BCUT2D eigenvalue weighted by Gasteiger charge is -2.33. The Kier molecular flexibility index (Phi) is 7.93. The van der Waals surface area contributed by atoms with Crippen molar-refractivity contribution in [1.82, 2.24) is 24.8 Å². The summed E-state index contributed by atoms with van der Waals surface area (Å²) < 4.78 is 42.2. The molecule has 1 amide bonds. The lowest BCUT2D eigenvalue weighted by atomic mass is 9.97. The minimum absolute atomic E-state index is 0.0415. The van der Waals surface area contributed by atoms with Gasteiger partial charge in [0.1, 0.15) is 17.9 Å². The summed E-state index contributed by atoms with van der Waals surface area (Å²) in [5, 5.41) is 0. The Morgan fingerprint density at radius 1 is 1.02 bits per heavy atom. The number of fused-ring (bicyclic) bond motifs is 5. The largest absolute Gasteiger partial charge is 0.475 e. The number of ether oxygens (including phenoxy) is 1. The first kappa shape index (κ1) is 31.7. The molecule has 1 saturated carbocycles. The molecular formula is C36H38N6O5S. The van der Waals surface area contributed by atoms with Gasteiger partial charge < -0.3 is 14.1 Å². The first-order valence-corrected chi connectivity index (χ1v) is 17.6. The topological polar surface area (TPSA) is 140 Å². The normalized spacial score (nSPS) is 18.4. The minimum atomic E-state index is -4.17. The molecule has 0 spiro atoms. The molecule has 4 bridgehead atoms. The summed E-state index contributed by atoms with van der Waals surface area (Å²) in [7, 11) is -4.17. The van der Waals surface area contributed by atoms with Crippen molar-refractivity contribution in [3.63, 3.8) is 0 Å². The zero-order valence-electron chi connectivity index (χ0n) is 27.6. The van der Waals surface area contributed by atoms with E-state index in [1.165, 1.54) is 12.1 Å². The van der Waals surface area contributed by atoms with Gasteiger partial charge in [0.15, 0.2) is 0 Å². The number of furan rings is 1. The van der Waals surface area contributed by atoms with Crippen molar-refractivity contribution < 1.29 is 22.4 Å². The first-order chi connectivity index (χ1) is 22.9. The fourth-order valence-corrected chi connectivity index (χ4v) is 7.23. The van der Waals surface area contributed by atoms with E-state index in [4.69, 9.17) is 14.1 Å². The van der Waals surface area contributed by atoms with Crippen molar-refractivity contribution in [2.45, 2.75) is 77.3 Å². The number of carbonyl (C=O) groups excluding carboxylic acids is 1. The Morgan fingerprint density at radius 3 is 2.50 bits per heavy atom. The van der Waals surface area contributed by atoms with Gasteiger partial charge in [0.2, 0.25) is 17.5 Å². The second-order valence-electron chi connectivity index (χ2n) is 13.6.